The van der Waals surface area contributed by atoms with Crippen LogP contribution in [-0.2, 0) is 22.4 Å². The van der Waals surface area contributed by atoms with E-state index in [2.05, 4.69) is 58.2 Å². The summed E-state index contributed by atoms with van der Waals surface area (Å²) >= 11 is 0. The molecule has 33 heavy (non-hydrogen) atoms. The SMILES string of the molecule is CN(C)CCN(C(=O)C1CCOC1)c1ccc2cc(-c3n[nH]c4c3CCC(C)(C)C4)[nH]c2c1. The Balaban J connectivity index is 1.46. The molecular weight excluding hydrogens is 414 g/mol. The lowest BCUT2D eigenvalue weighted by Gasteiger charge is -2.28. The Morgan fingerprint density at radius 1 is 1.24 bits per heavy atom. The summed E-state index contributed by atoms with van der Waals surface area (Å²) in [6, 6.07) is 8.44. The summed E-state index contributed by atoms with van der Waals surface area (Å²) in [4.78, 5) is 20.9. The quantitative estimate of drug-likeness (QED) is 0.596. The number of hydrogen-bond acceptors (Lipinski definition) is 4. The van der Waals surface area contributed by atoms with Gasteiger partial charge >= 0.3 is 0 Å². The van der Waals surface area contributed by atoms with Gasteiger partial charge in [-0.2, -0.15) is 5.10 Å². The van der Waals surface area contributed by atoms with Crippen LogP contribution in [0.15, 0.2) is 24.3 Å². The lowest BCUT2D eigenvalue weighted by atomic mass is 9.76. The van der Waals surface area contributed by atoms with Crippen LogP contribution in [0.25, 0.3) is 22.3 Å². The van der Waals surface area contributed by atoms with E-state index in [1.807, 2.05) is 19.0 Å². The number of benzene rings is 1. The summed E-state index contributed by atoms with van der Waals surface area (Å²) < 4.78 is 5.49. The van der Waals surface area contributed by atoms with Crippen molar-refractivity contribution < 1.29 is 9.53 Å². The monoisotopic (exact) mass is 449 g/mol. The summed E-state index contributed by atoms with van der Waals surface area (Å²) in [7, 11) is 4.07. The summed E-state index contributed by atoms with van der Waals surface area (Å²) in [6.45, 7) is 7.30. The van der Waals surface area contributed by atoms with Crippen molar-refractivity contribution >= 4 is 22.5 Å². The zero-order valence-electron chi connectivity index (χ0n) is 20.2. The Morgan fingerprint density at radius 3 is 2.85 bits per heavy atom. The van der Waals surface area contributed by atoms with Crippen LogP contribution < -0.4 is 4.90 Å². The van der Waals surface area contributed by atoms with Crippen LogP contribution in [-0.4, -0.2) is 66.4 Å². The Hall–Kier alpha value is -2.64. The number of carbonyl (C=O) groups excluding carboxylic acids is 1. The maximum Gasteiger partial charge on any atom is 0.232 e. The summed E-state index contributed by atoms with van der Waals surface area (Å²) in [5, 5.41) is 9.09. The minimum atomic E-state index is -0.0538. The first-order chi connectivity index (χ1) is 15.8. The van der Waals surface area contributed by atoms with Gasteiger partial charge in [-0.3, -0.25) is 9.89 Å². The number of amides is 1. The number of fused-ring (bicyclic) bond motifs is 2. The maximum atomic E-state index is 13.3. The van der Waals surface area contributed by atoms with E-state index in [0.29, 0.717) is 25.2 Å². The zero-order valence-corrected chi connectivity index (χ0v) is 20.2. The molecule has 1 aromatic carbocycles. The van der Waals surface area contributed by atoms with Gasteiger partial charge in [0.1, 0.15) is 5.69 Å². The summed E-state index contributed by atoms with van der Waals surface area (Å²) in [5.74, 6) is 0.103. The van der Waals surface area contributed by atoms with E-state index < -0.39 is 0 Å². The van der Waals surface area contributed by atoms with E-state index >= 15 is 0 Å². The molecule has 0 saturated carbocycles. The van der Waals surface area contributed by atoms with Crippen molar-refractivity contribution in [2.24, 2.45) is 11.3 Å². The molecule has 3 heterocycles. The molecule has 1 atom stereocenters. The van der Waals surface area contributed by atoms with E-state index in [4.69, 9.17) is 4.74 Å². The Morgan fingerprint density at radius 2 is 2.09 bits per heavy atom. The van der Waals surface area contributed by atoms with Gasteiger partial charge in [0, 0.05) is 47.5 Å². The number of ether oxygens (including phenoxy) is 1. The molecule has 7 nitrogen and oxygen atoms in total. The van der Waals surface area contributed by atoms with E-state index in [1.165, 1.54) is 17.7 Å². The van der Waals surface area contributed by atoms with Gasteiger partial charge in [0.15, 0.2) is 0 Å². The number of aromatic amines is 2. The zero-order chi connectivity index (χ0) is 23.2. The third-order valence-corrected chi connectivity index (χ3v) is 7.15. The average molecular weight is 450 g/mol. The van der Waals surface area contributed by atoms with Crippen LogP contribution in [0, 0.1) is 11.3 Å². The van der Waals surface area contributed by atoms with E-state index in [-0.39, 0.29) is 11.8 Å². The van der Waals surface area contributed by atoms with Gasteiger partial charge < -0.3 is 19.5 Å². The molecule has 2 N–H and O–H groups in total. The lowest BCUT2D eigenvalue weighted by molar-refractivity contribution is -0.122. The Kier molecular flexibility index (Phi) is 5.79. The minimum absolute atomic E-state index is 0.0538. The molecule has 1 aliphatic heterocycles. The first kappa shape index (κ1) is 22.2. The molecule has 0 radical (unpaired) electrons. The third-order valence-electron chi connectivity index (χ3n) is 7.15. The van der Waals surface area contributed by atoms with Gasteiger partial charge in [0.05, 0.1) is 18.2 Å². The van der Waals surface area contributed by atoms with Gasteiger partial charge in [-0.05, 0) is 63.4 Å². The van der Waals surface area contributed by atoms with Gasteiger partial charge in [-0.15, -0.1) is 0 Å². The smallest absolute Gasteiger partial charge is 0.232 e. The molecule has 1 saturated heterocycles. The van der Waals surface area contributed by atoms with Crippen LogP contribution in [0.5, 0.6) is 0 Å². The standard InChI is InChI=1S/C26H35N5O2/c1-26(2)9-7-20-23(15-26)28-29-24(20)22-13-17-5-6-19(14-21(17)27-22)31(11-10-30(3)4)25(32)18-8-12-33-16-18/h5-6,13-14,18,27H,7-12,15-16H2,1-4H3,(H,28,29). The fourth-order valence-corrected chi connectivity index (χ4v) is 5.10. The van der Waals surface area contributed by atoms with Crippen LogP contribution in [0.4, 0.5) is 5.69 Å². The second-order valence-electron chi connectivity index (χ2n) is 10.7. The molecule has 1 amide bonds. The second kappa shape index (κ2) is 8.61. The molecular formula is C26H35N5O2. The molecule has 0 spiro atoms. The number of likely N-dealkylation sites (N-methyl/N-ethyl adjacent to an activating group) is 1. The molecule has 1 unspecified atom stereocenters. The van der Waals surface area contributed by atoms with E-state index in [9.17, 15) is 4.79 Å². The number of hydrogen-bond donors (Lipinski definition) is 2. The van der Waals surface area contributed by atoms with E-state index in [0.717, 1.165) is 53.8 Å². The lowest BCUT2D eigenvalue weighted by Crippen LogP contribution is -2.40. The molecule has 0 bridgehead atoms. The number of nitrogens with zero attached hydrogens (tertiary/aromatic N) is 3. The van der Waals surface area contributed by atoms with Crippen LogP contribution in [0.1, 0.15) is 37.9 Å². The summed E-state index contributed by atoms with van der Waals surface area (Å²) in [5.41, 5.74) is 6.95. The van der Waals surface area contributed by atoms with Crippen molar-refractivity contribution in [1.82, 2.24) is 20.1 Å². The largest absolute Gasteiger partial charge is 0.381 e. The van der Waals surface area contributed by atoms with Crippen LogP contribution in [0.3, 0.4) is 0 Å². The Bertz CT molecular complexity index is 1150. The number of rotatable bonds is 6. The maximum absolute atomic E-state index is 13.3. The molecule has 176 valence electrons. The predicted molar refractivity (Wildman–Crippen MR) is 132 cm³/mol. The predicted octanol–water partition coefficient (Wildman–Crippen LogP) is 4.00. The fraction of sp³-hybridized carbons (Fsp3) is 0.538. The van der Waals surface area contributed by atoms with Gasteiger partial charge in [0.2, 0.25) is 5.91 Å². The topological polar surface area (TPSA) is 77.2 Å². The fourth-order valence-electron chi connectivity index (χ4n) is 5.10. The molecule has 2 aromatic heterocycles. The van der Waals surface area contributed by atoms with Crippen LogP contribution in [0.2, 0.25) is 0 Å². The Labute approximate surface area is 195 Å². The van der Waals surface area contributed by atoms with Crippen molar-refractivity contribution in [3.8, 4) is 11.4 Å². The van der Waals surface area contributed by atoms with Crippen LogP contribution >= 0.6 is 0 Å². The molecule has 2 aliphatic rings. The molecule has 5 rings (SSSR count). The van der Waals surface area contributed by atoms with Gasteiger partial charge in [-0.1, -0.05) is 19.9 Å². The molecule has 1 fully saturated rings. The van der Waals surface area contributed by atoms with E-state index in [1.54, 1.807) is 0 Å². The highest BCUT2D eigenvalue weighted by molar-refractivity contribution is 5.98. The highest BCUT2D eigenvalue weighted by Crippen LogP contribution is 2.38. The second-order valence-corrected chi connectivity index (χ2v) is 10.7. The number of nitrogens with one attached hydrogen (secondary N) is 2. The number of anilines is 1. The van der Waals surface area contributed by atoms with Gasteiger partial charge in [0.25, 0.3) is 0 Å². The number of H-pyrrole nitrogens is 2. The summed E-state index contributed by atoms with van der Waals surface area (Å²) in [6.07, 6.45) is 4.05. The number of aromatic nitrogens is 3. The third kappa shape index (κ3) is 4.44. The number of carbonyl (C=O) groups is 1. The van der Waals surface area contributed by atoms with Crippen molar-refractivity contribution in [2.45, 2.75) is 39.5 Å². The average Bonchev–Trinajstić information content (AvgIpc) is 3.51. The molecule has 1 aliphatic carbocycles. The molecule has 7 heteroatoms. The van der Waals surface area contributed by atoms with Crippen molar-refractivity contribution in [3.63, 3.8) is 0 Å². The van der Waals surface area contributed by atoms with Crippen molar-refractivity contribution in [1.29, 1.82) is 0 Å². The highest BCUT2D eigenvalue weighted by atomic mass is 16.5. The highest BCUT2D eigenvalue weighted by Gasteiger charge is 2.30. The normalized spacial score (nSPS) is 19.8. The van der Waals surface area contributed by atoms with Crippen molar-refractivity contribution in [3.05, 3.63) is 35.5 Å². The first-order valence-corrected chi connectivity index (χ1v) is 12.0. The molecule has 3 aromatic rings. The van der Waals surface area contributed by atoms with Gasteiger partial charge in [-0.25, -0.2) is 0 Å². The van der Waals surface area contributed by atoms with Crippen molar-refractivity contribution in [2.75, 3.05) is 45.3 Å². The first-order valence-electron chi connectivity index (χ1n) is 12.0. The minimum Gasteiger partial charge on any atom is -0.381 e.